The van der Waals surface area contributed by atoms with E-state index in [-0.39, 0.29) is 31.8 Å². The molecule has 9 heteroatoms. The van der Waals surface area contributed by atoms with Crippen LogP contribution in [0.4, 0.5) is 4.39 Å². The summed E-state index contributed by atoms with van der Waals surface area (Å²) in [5.41, 5.74) is 0.793. The summed E-state index contributed by atoms with van der Waals surface area (Å²) < 4.78 is 35.6. The molecule has 2 aliphatic heterocycles. The third-order valence-electron chi connectivity index (χ3n) is 5.71. The van der Waals surface area contributed by atoms with Crippen LogP contribution in [0, 0.1) is 0 Å². The number of likely N-dealkylation sites (tertiary alicyclic amines) is 1. The van der Waals surface area contributed by atoms with Gasteiger partial charge in [0.15, 0.2) is 11.5 Å². The Morgan fingerprint density at radius 1 is 1.18 bits per heavy atom. The molecule has 0 unspecified atom stereocenters. The number of rotatable bonds is 9. The average molecular weight is 473 g/mol. The number of hydrogen-bond donors (Lipinski definition) is 1. The third kappa shape index (κ3) is 6.24. The number of ether oxygens (including phenoxy) is 4. The second-order valence-corrected chi connectivity index (χ2v) is 8.20. The molecule has 0 bridgehead atoms. The van der Waals surface area contributed by atoms with E-state index in [0.717, 1.165) is 0 Å². The molecule has 0 aromatic heterocycles. The van der Waals surface area contributed by atoms with E-state index in [1.54, 1.807) is 49.6 Å². The number of carbonyl (C=O) groups excluding carboxylic acids is 1. The SMILES string of the molecule is COc1ccc(OCCC(=O)N=C(CN2CC[C@H](F)C2)[C@H](O)c2ccc3c(c2)OCCO3)cc1. The number of aliphatic hydroxyl groups excluding tert-OH is 1. The molecule has 1 amide bonds. The number of methoxy groups -OCH3 is 1. The molecule has 2 heterocycles. The highest BCUT2D eigenvalue weighted by molar-refractivity contribution is 6.00. The molecule has 0 radical (unpaired) electrons. The van der Waals surface area contributed by atoms with Gasteiger partial charge in [0, 0.05) is 19.6 Å². The highest BCUT2D eigenvalue weighted by Gasteiger charge is 2.27. The number of alkyl halides is 1. The second-order valence-electron chi connectivity index (χ2n) is 8.20. The van der Waals surface area contributed by atoms with Crippen molar-refractivity contribution in [3.05, 3.63) is 48.0 Å². The Labute approximate surface area is 197 Å². The van der Waals surface area contributed by atoms with Crippen molar-refractivity contribution < 1.29 is 33.2 Å². The Bertz CT molecular complexity index is 1010. The second kappa shape index (κ2) is 11.3. The van der Waals surface area contributed by atoms with Crippen molar-refractivity contribution in [2.75, 3.05) is 46.6 Å². The molecular formula is C25H29FN2O6. The molecule has 1 fully saturated rings. The fraction of sp³-hybridized carbons (Fsp3) is 0.440. The van der Waals surface area contributed by atoms with Crippen LogP contribution in [0.5, 0.6) is 23.0 Å². The quantitative estimate of drug-likeness (QED) is 0.561. The summed E-state index contributed by atoms with van der Waals surface area (Å²) in [6.45, 7) is 2.02. The molecule has 2 aromatic rings. The van der Waals surface area contributed by atoms with Gasteiger partial charge in [-0.3, -0.25) is 9.69 Å². The lowest BCUT2D eigenvalue weighted by Crippen LogP contribution is -2.32. The maximum atomic E-state index is 13.7. The Hall–Kier alpha value is -3.17. The molecular weight excluding hydrogens is 443 g/mol. The van der Waals surface area contributed by atoms with Crippen LogP contribution in [0.2, 0.25) is 0 Å². The van der Waals surface area contributed by atoms with Gasteiger partial charge >= 0.3 is 0 Å². The van der Waals surface area contributed by atoms with E-state index in [1.807, 2.05) is 4.90 Å². The normalized spacial score (nSPS) is 19.0. The molecule has 0 saturated carbocycles. The van der Waals surface area contributed by atoms with Crippen molar-refractivity contribution in [2.45, 2.75) is 25.1 Å². The Kier molecular flexibility index (Phi) is 7.97. The number of amides is 1. The third-order valence-corrected chi connectivity index (χ3v) is 5.71. The van der Waals surface area contributed by atoms with Crippen LogP contribution in [-0.4, -0.2) is 74.4 Å². The minimum absolute atomic E-state index is 0.0368. The van der Waals surface area contributed by atoms with E-state index in [2.05, 4.69) is 4.99 Å². The largest absolute Gasteiger partial charge is 0.497 e. The topological polar surface area (TPSA) is 89.8 Å². The van der Waals surface area contributed by atoms with Gasteiger partial charge in [-0.05, 0) is 48.4 Å². The van der Waals surface area contributed by atoms with Crippen LogP contribution < -0.4 is 18.9 Å². The van der Waals surface area contributed by atoms with Crippen molar-refractivity contribution >= 4 is 11.6 Å². The molecule has 1 N–H and O–H groups in total. The van der Waals surface area contributed by atoms with Gasteiger partial charge < -0.3 is 24.1 Å². The van der Waals surface area contributed by atoms with Gasteiger partial charge in [0.25, 0.3) is 0 Å². The van der Waals surface area contributed by atoms with Crippen LogP contribution in [0.25, 0.3) is 0 Å². The van der Waals surface area contributed by atoms with Crippen LogP contribution >= 0.6 is 0 Å². The molecule has 1 saturated heterocycles. The standard InChI is InChI=1S/C25H29FN2O6/c1-31-19-3-5-20(6-4-19)32-11-9-24(29)27-21(16-28-10-8-18(26)15-28)25(30)17-2-7-22-23(14-17)34-13-12-33-22/h2-7,14,18,25,30H,8-13,15-16H2,1H3/t18-,25+/m0/s1. The van der Waals surface area contributed by atoms with Gasteiger partial charge in [0.05, 0.1) is 25.8 Å². The smallest absolute Gasteiger partial charge is 0.249 e. The van der Waals surface area contributed by atoms with Gasteiger partial charge in [0.2, 0.25) is 5.91 Å². The van der Waals surface area contributed by atoms with Gasteiger partial charge in [-0.1, -0.05) is 6.07 Å². The maximum Gasteiger partial charge on any atom is 0.249 e. The first-order chi connectivity index (χ1) is 16.5. The molecule has 2 aliphatic rings. The van der Waals surface area contributed by atoms with Crippen molar-refractivity contribution in [2.24, 2.45) is 4.99 Å². The molecule has 2 atom stereocenters. The highest BCUT2D eigenvalue weighted by atomic mass is 19.1. The summed E-state index contributed by atoms with van der Waals surface area (Å²) >= 11 is 0. The first kappa shape index (κ1) is 24.0. The lowest BCUT2D eigenvalue weighted by atomic mass is 10.0. The predicted octanol–water partition coefficient (Wildman–Crippen LogP) is 2.98. The van der Waals surface area contributed by atoms with Crippen molar-refractivity contribution in [1.29, 1.82) is 0 Å². The summed E-state index contributed by atoms with van der Waals surface area (Å²) in [5, 5.41) is 11.1. The number of halogens is 1. The minimum Gasteiger partial charge on any atom is -0.497 e. The zero-order valence-corrected chi connectivity index (χ0v) is 19.1. The molecule has 0 aliphatic carbocycles. The molecule has 34 heavy (non-hydrogen) atoms. The highest BCUT2D eigenvalue weighted by Crippen LogP contribution is 2.33. The van der Waals surface area contributed by atoms with Crippen LogP contribution in [-0.2, 0) is 4.79 Å². The van der Waals surface area contributed by atoms with E-state index in [9.17, 15) is 14.3 Å². The monoisotopic (exact) mass is 472 g/mol. The van der Waals surface area contributed by atoms with Gasteiger partial charge in [-0.25, -0.2) is 9.38 Å². The Morgan fingerprint density at radius 3 is 2.62 bits per heavy atom. The summed E-state index contributed by atoms with van der Waals surface area (Å²) in [6, 6.07) is 12.2. The molecule has 182 valence electrons. The number of hydrogen-bond acceptors (Lipinski definition) is 7. The molecule has 2 aromatic carbocycles. The number of aliphatic imine (C=N–C) groups is 1. The van der Waals surface area contributed by atoms with E-state index < -0.39 is 18.2 Å². The van der Waals surface area contributed by atoms with E-state index in [0.29, 0.717) is 54.7 Å². The van der Waals surface area contributed by atoms with Crippen molar-refractivity contribution in [3.63, 3.8) is 0 Å². The average Bonchev–Trinajstić information content (AvgIpc) is 3.27. The van der Waals surface area contributed by atoms with Gasteiger partial charge in [0.1, 0.15) is 37.0 Å². The lowest BCUT2D eigenvalue weighted by molar-refractivity contribution is -0.118. The zero-order chi connectivity index (χ0) is 23.9. The summed E-state index contributed by atoms with van der Waals surface area (Å²) in [7, 11) is 1.58. The molecule has 4 rings (SSSR count). The molecule has 0 spiro atoms. The predicted molar refractivity (Wildman–Crippen MR) is 124 cm³/mol. The van der Waals surface area contributed by atoms with Crippen LogP contribution in [0.1, 0.15) is 24.5 Å². The van der Waals surface area contributed by atoms with Crippen molar-refractivity contribution in [3.8, 4) is 23.0 Å². The summed E-state index contributed by atoms with van der Waals surface area (Å²) in [6.07, 6.45) is -1.59. The summed E-state index contributed by atoms with van der Waals surface area (Å²) in [4.78, 5) is 18.7. The number of fused-ring (bicyclic) bond motifs is 1. The zero-order valence-electron chi connectivity index (χ0n) is 19.1. The van der Waals surface area contributed by atoms with Crippen LogP contribution in [0.15, 0.2) is 47.5 Å². The summed E-state index contributed by atoms with van der Waals surface area (Å²) in [5.74, 6) is 2.04. The lowest BCUT2D eigenvalue weighted by Gasteiger charge is -2.23. The number of benzene rings is 2. The first-order valence-corrected chi connectivity index (χ1v) is 11.3. The van der Waals surface area contributed by atoms with E-state index in [1.165, 1.54) is 0 Å². The first-order valence-electron chi connectivity index (χ1n) is 11.3. The number of carbonyl (C=O) groups is 1. The Morgan fingerprint density at radius 2 is 1.91 bits per heavy atom. The maximum absolute atomic E-state index is 13.7. The van der Waals surface area contributed by atoms with Crippen molar-refractivity contribution in [1.82, 2.24) is 4.90 Å². The fourth-order valence-electron chi connectivity index (χ4n) is 3.91. The van der Waals surface area contributed by atoms with Gasteiger partial charge in [-0.15, -0.1) is 0 Å². The van der Waals surface area contributed by atoms with E-state index in [4.69, 9.17) is 18.9 Å². The van der Waals surface area contributed by atoms with E-state index >= 15 is 0 Å². The fourth-order valence-corrected chi connectivity index (χ4v) is 3.91. The van der Waals surface area contributed by atoms with Gasteiger partial charge in [-0.2, -0.15) is 0 Å². The number of aliphatic hydroxyl groups is 1. The Balaban J connectivity index is 1.43. The minimum atomic E-state index is -1.14. The number of nitrogens with zero attached hydrogens (tertiary/aromatic N) is 2. The molecule has 8 nitrogen and oxygen atoms in total. The van der Waals surface area contributed by atoms with Crippen LogP contribution in [0.3, 0.4) is 0 Å².